The zero-order valence-corrected chi connectivity index (χ0v) is 9.92. The zero-order chi connectivity index (χ0) is 12.0. The van der Waals surface area contributed by atoms with E-state index in [2.05, 4.69) is 9.44 Å². The molecule has 0 spiro atoms. The Morgan fingerprint density at radius 1 is 1.25 bits per heavy atom. The van der Waals surface area contributed by atoms with Gasteiger partial charge < -0.3 is 5.11 Å². The summed E-state index contributed by atoms with van der Waals surface area (Å²) in [6.07, 6.45) is 0.734. The third kappa shape index (κ3) is 4.18. The van der Waals surface area contributed by atoms with E-state index < -0.39 is 10.2 Å². The van der Waals surface area contributed by atoms with E-state index >= 15 is 0 Å². The molecule has 0 aliphatic carbocycles. The van der Waals surface area contributed by atoms with E-state index in [0.29, 0.717) is 12.1 Å². The summed E-state index contributed by atoms with van der Waals surface area (Å²) >= 11 is 0. The number of phenols is 1. The van der Waals surface area contributed by atoms with Crippen molar-refractivity contribution in [1.29, 1.82) is 0 Å². The van der Waals surface area contributed by atoms with Gasteiger partial charge in [0.15, 0.2) is 0 Å². The highest BCUT2D eigenvalue weighted by Gasteiger charge is 2.08. The van der Waals surface area contributed by atoms with Crippen molar-refractivity contribution in [1.82, 2.24) is 9.44 Å². The molecule has 16 heavy (non-hydrogen) atoms. The number of aromatic hydroxyl groups is 1. The Morgan fingerprint density at radius 3 is 2.56 bits per heavy atom. The maximum absolute atomic E-state index is 11.4. The Labute approximate surface area is 95.7 Å². The molecule has 0 saturated carbocycles. The first kappa shape index (κ1) is 13.0. The first-order valence-electron chi connectivity index (χ1n) is 5.06. The van der Waals surface area contributed by atoms with Crippen molar-refractivity contribution in [2.24, 2.45) is 0 Å². The van der Waals surface area contributed by atoms with Crippen molar-refractivity contribution < 1.29 is 13.5 Å². The molecular formula is C10H16N2O3S. The van der Waals surface area contributed by atoms with Crippen molar-refractivity contribution in [2.75, 3.05) is 6.54 Å². The van der Waals surface area contributed by atoms with Gasteiger partial charge in [0.2, 0.25) is 0 Å². The molecule has 0 aliphatic heterocycles. The molecule has 0 unspecified atom stereocenters. The summed E-state index contributed by atoms with van der Waals surface area (Å²) in [6, 6.07) is 6.60. The SMILES string of the molecule is CCCNS(=O)(=O)NCc1ccccc1O. The second-order valence-corrected chi connectivity index (χ2v) is 4.93. The van der Waals surface area contributed by atoms with Crippen LogP contribution >= 0.6 is 0 Å². The Bertz CT molecular complexity index is 431. The van der Waals surface area contributed by atoms with Gasteiger partial charge in [-0.2, -0.15) is 13.1 Å². The van der Waals surface area contributed by atoms with E-state index in [1.807, 2.05) is 6.92 Å². The van der Waals surface area contributed by atoms with Crippen molar-refractivity contribution >= 4 is 10.2 Å². The summed E-state index contributed by atoms with van der Waals surface area (Å²) in [5.74, 6) is 0.0840. The van der Waals surface area contributed by atoms with Crippen LogP contribution in [0.5, 0.6) is 5.75 Å². The second kappa shape index (κ2) is 5.83. The van der Waals surface area contributed by atoms with E-state index in [0.717, 1.165) is 6.42 Å². The van der Waals surface area contributed by atoms with Gasteiger partial charge in [-0.1, -0.05) is 25.1 Å². The van der Waals surface area contributed by atoms with Crippen molar-refractivity contribution in [3.05, 3.63) is 29.8 Å². The lowest BCUT2D eigenvalue weighted by molar-refractivity contribution is 0.467. The largest absolute Gasteiger partial charge is 0.508 e. The second-order valence-electron chi connectivity index (χ2n) is 3.35. The molecule has 90 valence electrons. The van der Waals surface area contributed by atoms with Gasteiger partial charge in [0.25, 0.3) is 10.2 Å². The molecule has 0 aliphatic rings. The van der Waals surface area contributed by atoms with Crippen LogP contribution in [0, 0.1) is 0 Å². The van der Waals surface area contributed by atoms with E-state index in [4.69, 9.17) is 0 Å². The molecule has 0 saturated heterocycles. The van der Waals surface area contributed by atoms with Crippen LogP contribution in [-0.2, 0) is 16.8 Å². The normalized spacial score (nSPS) is 11.6. The van der Waals surface area contributed by atoms with Crippen molar-refractivity contribution in [3.8, 4) is 5.75 Å². The molecular weight excluding hydrogens is 228 g/mol. The maximum Gasteiger partial charge on any atom is 0.277 e. The van der Waals surface area contributed by atoms with Crippen LogP contribution < -0.4 is 9.44 Å². The highest BCUT2D eigenvalue weighted by molar-refractivity contribution is 7.87. The van der Waals surface area contributed by atoms with Gasteiger partial charge in [0.05, 0.1) is 0 Å². The van der Waals surface area contributed by atoms with Crippen LogP contribution in [-0.4, -0.2) is 20.1 Å². The smallest absolute Gasteiger partial charge is 0.277 e. The third-order valence-electron chi connectivity index (χ3n) is 1.99. The van der Waals surface area contributed by atoms with Crippen LogP contribution in [0.3, 0.4) is 0 Å². The van der Waals surface area contributed by atoms with Gasteiger partial charge in [-0.15, -0.1) is 0 Å². The average molecular weight is 244 g/mol. The molecule has 0 fully saturated rings. The fourth-order valence-corrected chi connectivity index (χ4v) is 2.04. The number of para-hydroxylation sites is 1. The van der Waals surface area contributed by atoms with Crippen LogP contribution in [0.25, 0.3) is 0 Å². The minimum atomic E-state index is -3.47. The molecule has 0 bridgehead atoms. The van der Waals surface area contributed by atoms with Gasteiger partial charge in [0, 0.05) is 18.7 Å². The highest BCUT2D eigenvalue weighted by Crippen LogP contribution is 2.14. The standard InChI is InChI=1S/C10H16N2O3S/c1-2-7-11-16(14,15)12-8-9-5-3-4-6-10(9)13/h3-6,11-13H,2,7-8H2,1H3. The highest BCUT2D eigenvalue weighted by atomic mass is 32.2. The fraction of sp³-hybridized carbons (Fsp3) is 0.400. The summed E-state index contributed by atoms with van der Waals surface area (Å²) in [6.45, 7) is 2.35. The van der Waals surface area contributed by atoms with Gasteiger partial charge >= 0.3 is 0 Å². The van der Waals surface area contributed by atoms with E-state index in [1.54, 1.807) is 18.2 Å². The lowest BCUT2D eigenvalue weighted by atomic mass is 10.2. The lowest BCUT2D eigenvalue weighted by Gasteiger charge is -2.08. The zero-order valence-electron chi connectivity index (χ0n) is 9.10. The molecule has 1 aromatic rings. The van der Waals surface area contributed by atoms with Crippen molar-refractivity contribution in [2.45, 2.75) is 19.9 Å². The Morgan fingerprint density at radius 2 is 1.94 bits per heavy atom. The third-order valence-corrected chi connectivity index (χ3v) is 3.09. The number of phenolic OH excluding ortho intramolecular Hbond substituents is 1. The predicted molar refractivity (Wildman–Crippen MR) is 62.2 cm³/mol. The first-order chi connectivity index (χ1) is 7.55. The summed E-state index contributed by atoms with van der Waals surface area (Å²) in [5, 5.41) is 9.43. The summed E-state index contributed by atoms with van der Waals surface area (Å²) in [4.78, 5) is 0. The number of hydrogen-bond acceptors (Lipinski definition) is 3. The molecule has 0 amide bonds. The topological polar surface area (TPSA) is 78.4 Å². The summed E-state index contributed by atoms with van der Waals surface area (Å²) in [5.41, 5.74) is 0.546. The Hall–Kier alpha value is -1.11. The average Bonchev–Trinajstić information content (AvgIpc) is 2.26. The quantitative estimate of drug-likeness (QED) is 0.690. The Kier molecular flexibility index (Phi) is 4.72. The van der Waals surface area contributed by atoms with Gasteiger partial charge in [0.1, 0.15) is 5.75 Å². The molecule has 3 N–H and O–H groups in total. The minimum Gasteiger partial charge on any atom is -0.508 e. The van der Waals surface area contributed by atoms with E-state index in [9.17, 15) is 13.5 Å². The van der Waals surface area contributed by atoms with Gasteiger partial charge in [-0.3, -0.25) is 0 Å². The van der Waals surface area contributed by atoms with Crippen LogP contribution in [0.4, 0.5) is 0 Å². The van der Waals surface area contributed by atoms with Crippen molar-refractivity contribution in [3.63, 3.8) is 0 Å². The minimum absolute atomic E-state index is 0.0751. The predicted octanol–water partition coefficient (Wildman–Crippen LogP) is 0.726. The molecule has 0 radical (unpaired) electrons. The molecule has 1 rings (SSSR count). The molecule has 0 aromatic heterocycles. The number of hydrogen-bond donors (Lipinski definition) is 3. The molecule has 5 nitrogen and oxygen atoms in total. The molecule has 0 atom stereocenters. The van der Waals surface area contributed by atoms with E-state index in [-0.39, 0.29) is 12.3 Å². The van der Waals surface area contributed by atoms with E-state index in [1.165, 1.54) is 6.07 Å². The van der Waals surface area contributed by atoms with Gasteiger partial charge in [-0.25, -0.2) is 4.72 Å². The number of rotatable bonds is 6. The fourth-order valence-electron chi connectivity index (χ4n) is 1.12. The lowest BCUT2D eigenvalue weighted by Crippen LogP contribution is -2.36. The molecule has 6 heteroatoms. The number of nitrogens with one attached hydrogen (secondary N) is 2. The van der Waals surface area contributed by atoms with Crippen LogP contribution in [0.1, 0.15) is 18.9 Å². The first-order valence-corrected chi connectivity index (χ1v) is 6.54. The summed E-state index contributed by atoms with van der Waals surface area (Å²) in [7, 11) is -3.47. The monoisotopic (exact) mass is 244 g/mol. The van der Waals surface area contributed by atoms with Crippen LogP contribution in [0.2, 0.25) is 0 Å². The molecule has 1 aromatic carbocycles. The summed E-state index contributed by atoms with van der Waals surface area (Å²) < 4.78 is 27.5. The van der Waals surface area contributed by atoms with Gasteiger partial charge in [-0.05, 0) is 12.5 Å². The number of benzene rings is 1. The maximum atomic E-state index is 11.4. The molecule has 0 heterocycles. The Balaban J connectivity index is 2.55. The van der Waals surface area contributed by atoms with Crippen LogP contribution in [0.15, 0.2) is 24.3 Å².